The standard InChI is InChI=1S/C16H22BrFN8O2/c1-9(2)8-22-16(19)21-6-5-20-14-13(25-28-26-14)15(24-27)23-10-3-4-12(18)11(17)7-10/h3-4,7,9,27H,5-6,8H2,1-2H3,(H,20,26)(H,23,24)(H3,19,21,22). The lowest BCUT2D eigenvalue weighted by molar-refractivity contribution is 0.305. The molecule has 12 heteroatoms. The van der Waals surface area contributed by atoms with Crippen LogP contribution >= 0.6 is 15.9 Å². The van der Waals surface area contributed by atoms with Crippen LogP contribution in [0.1, 0.15) is 19.5 Å². The van der Waals surface area contributed by atoms with Gasteiger partial charge in [-0.05, 0) is 50.4 Å². The van der Waals surface area contributed by atoms with Crippen molar-refractivity contribution in [2.75, 3.05) is 30.3 Å². The molecule has 0 saturated carbocycles. The van der Waals surface area contributed by atoms with Crippen LogP contribution in [-0.2, 0) is 0 Å². The van der Waals surface area contributed by atoms with Crippen LogP contribution in [0.25, 0.3) is 0 Å². The molecule has 2 aromatic rings. The fourth-order valence-electron chi connectivity index (χ4n) is 2.01. The third-order valence-corrected chi connectivity index (χ3v) is 3.95. The molecule has 28 heavy (non-hydrogen) atoms. The first-order valence-electron chi connectivity index (χ1n) is 8.45. The Morgan fingerprint density at radius 2 is 2.14 bits per heavy atom. The number of oxime groups is 1. The number of hydrogen-bond acceptors (Lipinski definition) is 7. The Balaban J connectivity index is 1.94. The van der Waals surface area contributed by atoms with Crippen LogP contribution in [0.3, 0.4) is 0 Å². The van der Waals surface area contributed by atoms with Crippen molar-refractivity contribution in [3.05, 3.63) is 34.2 Å². The van der Waals surface area contributed by atoms with E-state index in [0.29, 0.717) is 37.2 Å². The van der Waals surface area contributed by atoms with Crippen LogP contribution in [0.15, 0.2) is 37.4 Å². The molecule has 1 heterocycles. The van der Waals surface area contributed by atoms with E-state index in [2.05, 4.69) is 66.2 Å². The summed E-state index contributed by atoms with van der Waals surface area (Å²) in [4.78, 5) is 4.19. The number of nitrogens with two attached hydrogens (primary N) is 1. The number of aliphatic imine (C=N–C) groups is 1. The number of rotatable bonds is 8. The molecule has 152 valence electrons. The zero-order chi connectivity index (χ0) is 20.5. The molecule has 0 saturated heterocycles. The lowest BCUT2D eigenvalue weighted by atomic mass is 10.2. The number of benzene rings is 1. The van der Waals surface area contributed by atoms with Crippen molar-refractivity contribution < 1.29 is 14.2 Å². The summed E-state index contributed by atoms with van der Waals surface area (Å²) in [7, 11) is 0. The van der Waals surface area contributed by atoms with Crippen LogP contribution in [0.4, 0.5) is 15.9 Å². The molecule has 6 N–H and O–H groups in total. The molecule has 0 unspecified atom stereocenters. The van der Waals surface area contributed by atoms with Crippen molar-refractivity contribution in [3.8, 4) is 0 Å². The molecule has 10 nitrogen and oxygen atoms in total. The number of hydrogen-bond donors (Lipinski definition) is 5. The summed E-state index contributed by atoms with van der Waals surface area (Å²) in [6, 6.07) is 4.23. The molecule has 1 aromatic heterocycles. The van der Waals surface area contributed by atoms with Crippen LogP contribution in [-0.4, -0.2) is 47.0 Å². The van der Waals surface area contributed by atoms with E-state index >= 15 is 0 Å². The molecule has 0 aliphatic rings. The van der Waals surface area contributed by atoms with Crippen LogP contribution in [0.2, 0.25) is 0 Å². The largest absolute Gasteiger partial charge is 0.409 e. The highest BCUT2D eigenvalue weighted by atomic mass is 79.9. The Bertz CT molecular complexity index is 840. The number of amidine groups is 1. The van der Waals surface area contributed by atoms with Crippen LogP contribution in [0.5, 0.6) is 0 Å². The number of guanidine groups is 1. The Morgan fingerprint density at radius 1 is 1.36 bits per heavy atom. The normalized spacial score (nSPS) is 12.3. The second kappa shape index (κ2) is 10.4. The smallest absolute Gasteiger partial charge is 0.203 e. The zero-order valence-electron chi connectivity index (χ0n) is 15.4. The highest BCUT2D eigenvalue weighted by Gasteiger charge is 2.17. The zero-order valence-corrected chi connectivity index (χ0v) is 17.0. The van der Waals surface area contributed by atoms with Gasteiger partial charge in [0.2, 0.25) is 11.7 Å². The monoisotopic (exact) mass is 456 g/mol. The van der Waals surface area contributed by atoms with Gasteiger partial charge in [0, 0.05) is 25.3 Å². The topological polar surface area (TPSA) is 146 Å². The number of nitrogens with zero attached hydrogens (tertiary/aromatic N) is 4. The fourth-order valence-corrected chi connectivity index (χ4v) is 2.39. The van der Waals surface area contributed by atoms with E-state index in [0.717, 1.165) is 0 Å². The molecule has 0 fully saturated rings. The minimum Gasteiger partial charge on any atom is -0.409 e. The van der Waals surface area contributed by atoms with Gasteiger partial charge in [-0.15, -0.1) is 0 Å². The number of halogens is 2. The summed E-state index contributed by atoms with van der Waals surface area (Å²) in [6.45, 7) is 5.65. The van der Waals surface area contributed by atoms with Gasteiger partial charge < -0.3 is 26.9 Å². The molecular formula is C16H22BrFN8O2. The number of anilines is 2. The molecule has 0 bridgehead atoms. The first kappa shape index (κ1) is 21.4. The van der Waals surface area contributed by atoms with E-state index < -0.39 is 5.82 Å². The SMILES string of the molecule is CC(C)C/N=C(\N)NCCNc1nonc1/C(=N/O)Nc1ccc(F)c(Br)c1. The highest BCUT2D eigenvalue weighted by Crippen LogP contribution is 2.21. The van der Waals surface area contributed by atoms with Crippen molar-refractivity contribution in [2.24, 2.45) is 21.8 Å². The first-order chi connectivity index (χ1) is 13.4. The van der Waals surface area contributed by atoms with Crippen LogP contribution in [0, 0.1) is 11.7 Å². The van der Waals surface area contributed by atoms with E-state index in [1.807, 2.05) is 0 Å². The summed E-state index contributed by atoms with van der Waals surface area (Å²) in [5.41, 5.74) is 6.40. The Labute approximate surface area is 169 Å². The quantitative estimate of drug-likeness (QED) is 0.133. The van der Waals surface area contributed by atoms with Gasteiger partial charge in [-0.1, -0.05) is 19.0 Å². The average Bonchev–Trinajstić information content (AvgIpc) is 3.12. The summed E-state index contributed by atoms with van der Waals surface area (Å²) < 4.78 is 18.3. The predicted molar refractivity (Wildman–Crippen MR) is 108 cm³/mol. The molecule has 0 atom stereocenters. The lowest BCUT2D eigenvalue weighted by Crippen LogP contribution is -2.35. The molecule has 0 aliphatic carbocycles. The Kier molecular flexibility index (Phi) is 7.99. The van der Waals surface area contributed by atoms with Gasteiger partial charge in [-0.3, -0.25) is 4.99 Å². The molecule has 0 radical (unpaired) electrons. The highest BCUT2D eigenvalue weighted by molar-refractivity contribution is 9.10. The molecule has 0 spiro atoms. The summed E-state index contributed by atoms with van der Waals surface area (Å²) in [6.07, 6.45) is 0. The second-order valence-corrected chi connectivity index (χ2v) is 6.99. The van der Waals surface area contributed by atoms with E-state index in [4.69, 9.17) is 10.4 Å². The van der Waals surface area contributed by atoms with Gasteiger partial charge in [0.15, 0.2) is 11.7 Å². The number of nitrogens with one attached hydrogen (secondary N) is 3. The predicted octanol–water partition coefficient (Wildman–Crippen LogP) is 2.19. The van der Waals surface area contributed by atoms with Crippen molar-refractivity contribution in [1.82, 2.24) is 15.6 Å². The number of aromatic nitrogens is 2. The van der Waals surface area contributed by atoms with E-state index in [9.17, 15) is 9.60 Å². The van der Waals surface area contributed by atoms with E-state index in [1.54, 1.807) is 0 Å². The second-order valence-electron chi connectivity index (χ2n) is 6.14. The minimum absolute atomic E-state index is 0.0202. The first-order valence-corrected chi connectivity index (χ1v) is 9.24. The minimum atomic E-state index is -0.415. The van der Waals surface area contributed by atoms with Crippen molar-refractivity contribution >= 4 is 39.2 Å². The summed E-state index contributed by atoms with van der Waals surface area (Å²) >= 11 is 3.09. The summed E-state index contributed by atoms with van der Waals surface area (Å²) in [5.74, 6) is 0.610. The fraction of sp³-hybridized carbons (Fsp3) is 0.375. The van der Waals surface area contributed by atoms with Crippen molar-refractivity contribution in [3.63, 3.8) is 0 Å². The lowest BCUT2D eigenvalue weighted by Gasteiger charge is -2.09. The maximum Gasteiger partial charge on any atom is 0.203 e. The van der Waals surface area contributed by atoms with Gasteiger partial charge >= 0.3 is 0 Å². The average molecular weight is 457 g/mol. The van der Waals surface area contributed by atoms with Gasteiger partial charge in [-0.2, -0.15) is 0 Å². The van der Waals surface area contributed by atoms with Gasteiger partial charge in [0.25, 0.3) is 0 Å². The maximum atomic E-state index is 13.3. The Hall–Kier alpha value is -2.89. The Morgan fingerprint density at radius 3 is 2.82 bits per heavy atom. The third kappa shape index (κ3) is 6.37. The van der Waals surface area contributed by atoms with Gasteiger partial charge in [0.1, 0.15) is 5.82 Å². The summed E-state index contributed by atoms with van der Waals surface area (Å²) in [5, 5.41) is 28.7. The molecule has 1 aromatic carbocycles. The molecule has 2 rings (SSSR count). The molecule has 0 amide bonds. The van der Waals surface area contributed by atoms with Gasteiger partial charge in [-0.25, -0.2) is 9.02 Å². The third-order valence-electron chi connectivity index (χ3n) is 3.35. The van der Waals surface area contributed by atoms with Gasteiger partial charge in [0.05, 0.1) is 4.47 Å². The molecule has 0 aliphatic heterocycles. The van der Waals surface area contributed by atoms with Crippen molar-refractivity contribution in [2.45, 2.75) is 13.8 Å². The van der Waals surface area contributed by atoms with E-state index in [1.165, 1.54) is 18.2 Å². The van der Waals surface area contributed by atoms with E-state index in [-0.39, 0.29) is 21.8 Å². The maximum absolute atomic E-state index is 13.3. The van der Waals surface area contributed by atoms with Crippen LogP contribution < -0.4 is 21.7 Å². The van der Waals surface area contributed by atoms with Crippen molar-refractivity contribution in [1.29, 1.82) is 0 Å². The molecular weight excluding hydrogens is 435 g/mol.